The van der Waals surface area contributed by atoms with Crippen LogP contribution in [-0.4, -0.2) is 33.3 Å². The third-order valence-electron chi connectivity index (χ3n) is 14.9. The average molecular weight is 1010 g/mol. The minimum absolute atomic E-state index is 1.12. The molecule has 4 aliphatic heterocycles. The lowest BCUT2D eigenvalue weighted by Gasteiger charge is -2.42. The zero-order valence-corrected chi connectivity index (χ0v) is 44.0. The van der Waals surface area contributed by atoms with Crippen LogP contribution in [0, 0.1) is 0 Å². The van der Waals surface area contributed by atoms with Gasteiger partial charge in [-0.1, -0.05) is 197 Å². The summed E-state index contributed by atoms with van der Waals surface area (Å²) in [5.74, 6) is 0. The molecule has 0 N–H and O–H groups in total. The number of benzene rings is 10. The minimum Gasteiger partial charge on any atom is -0.313 e. The molecule has 9 heteroatoms. The molecule has 74 heavy (non-hydrogen) atoms. The fourth-order valence-electron chi connectivity index (χ4n) is 11.8. The van der Waals surface area contributed by atoms with Crippen molar-refractivity contribution in [2.45, 2.75) is 19.7 Å². The van der Waals surface area contributed by atoms with Gasteiger partial charge in [0.1, 0.15) is 0 Å². The standard InChI is InChI=1S/C65H43N5S2.2Al/c1-9-25-50(26-10-1)67(51-27-11-2-12-28-51)58-43-59(68(52-29-13-3-14-30-52)53-31-15-4-16-32-53)46-63(45-58)71-62-41-42-65(66-49-62)72-64-47-60(69(54-33-17-5-18-34-54)55-35-19-6-20-36-55)44-61(48-64)70(56-37-21-7-22-38-56)57-39-23-8-24-40-57;;/h1-31,33-39,41,43-45,47H;;. The van der Waals surface area contributed by atoms with Crippen LogP contribution in [0.2, 0.25) is 0 Å². The Morgan fingerprint density at radius 1 is 0.311 bits per heavy atom. The number of hydrogen-bond donors (Lipinski definition) is 0. The molecule has 0 saturated carbocycles. The number of para-hydroxylation sites is 8. The summed E-state index contributed by atoms with van der Waals surface area (Å²) in [6.07, 6.45) is 0. The van der Waals surface area contributed by atoms with Crippen molar-refractivity contribution in [2.75, 3.05) is 19.6 Å². The zero-order chi connectivity index (χ0) is 48.7. The first-order chi connectivity index (χ1) is 36.7. The second-order valence-electron chi connectivity index (χ2n) is 19.1. The second-order valence-corrected chi connectivity index (χ2v) is 26.5. The number of rotatable bonds is 8. The molecule has 11 aromatic rings. The molecule has 346 valence electrons. The lowest BCUT2D eigenvalue weighted by atomic mass is 10.1. The van der Waals surface area contributed by atoms with Gasteiger partial charge in [0.05, 0.1) is 5.03 Å². The fourth-order valence-corrected chi connectivity index (χ4v) is 22.6. The Morgan fingerprint density at radius 3 is 1.15 bits per heavy atom. The largest absolute Gasteiger partial charge is 0.421 e. The summed E-state index contributed by atoms with van der Waals surface area (Å²) < 4.78 is 8.40. The molecule has 0 amide bonds. The maximum atomic E-state index is 6.10. The smallest absolute Gasteiger partial charge is 0.313 e. The Labute approximate surface area is 448 Å². The van der Waals surface area contributed by atoms with Crippen LogP contribution < -0.4 is 46.3 Å². The quantitative estimate of drug-likeness (QED) is 0.140. The van der Waals surface area contributed by atoms with Gasteiger partial charge in [-0.3, -0.25) is 4.98 Å². The van der Waals surface area contributed by atoms with Gasteiger partial charge in [0, 0.05) is 82.9 Å². The van der Waals surface area contributed by atoms with Gasteiger partial charge in [-0.15, -0.1) is 0 Å². The molecular weight excluding hydrogens is 969 g/mol. The van der Waals surface area contributed by atoms with Crippen molar-refractivity contribution in [2.24, 2.45) is 0 Å². The van der Waals surface area contributed by atoms with E-state index in [2.05, 4.69) is 280 Å². The average Bonchev–Trinajstić information content (AvgIpc) is 3.47. The van der Waals surface area contributed by atoms with Crippen LogP contribution in [0.1, 0.15) is 0 Å². The summed E-state index contributed by atoms with van der Waals surface area (Å²) in [6, 6.07) is 96.0. The third-order valence-corrected chi connectivity index (χ3v) is 24.5. The van der Waals surface area contributed by atoms with Gasteiger partial charge in [-0.25, -0.2) is 0 Å². The van der Waals surface area contributed by atoms with E-state index in [1.165, 1.54) is 64.1 Å². The molecule has 15 rings (SSSR count). The third kappa shape index (κ3) is 7.12. The van der Waals surface area contributed by atoms with Crippen LogP contribution >= 0.6 is 23.5 Å². The normalized spacial score (nSPS) is 13.2. The van der Waals surface area contributed by atoms with Crippen molar-refractivity contribution in [1.82, 2.24) is 4.98 Å². The monoisotopic (exact) mass is 1010 g/mol. The van der Waals surface area contributed by atoms with E-state index in [1.807, 2.05) is 23.5 Å². The molecule has 0 saturated heterocycles. The molecule has 0 atom stereocenters. The van der Waals surface area contributed by atoms with Crippen LogP contribution in [0.4, 0.5) is 68.2 Å². The Bertz CT molecular complexity index is 3610. The van der Waals surface area contributed by atoms with Crippen LogP contribution in [0.3, 0.4) is 0 Å². The van der Waals surface area contributed by atoms with Gasteiger partial charge in [0.15, 0.2) is 0 Å². The van der Waals surface area contributed by atoms with Gasteiger partial charge >= 0.3 is 28.3 Å². The highest BCUT2D eigenvalue weighted by molar-refractivity contribution is 8.00. The summed E-state index contributed by atoms with van der Waals surface area (Å²) in [5, 5.41) is 1.15. The summed E-state index contributed by atoms with van der Waals surface area (Å²) in [6.45, 7) is 0. The summed E-state index contributed by atoms with van der Waals surface area (Å²) in [5.41, 5.74) is 14.0. The molecule has 0 spiro atoms. The summed E-state index contributed by atoms with van der Waals surface area (Å²) in [7, 11) is 0. The predicted octanol–water partition coefficient (Wildman–Crippen LogP) is 13.5. The first-order valence-corrected chi connectivity index (χ1v) is 30.3. The zero-order valence-electron chi connectivity index (χ0n) is 40.0. The van der Waals surface area contributed by atoms with Crippen LogP contribution in [0.25, 0.3) is 0 Å². The van der Waals surface area contributed by atoms with Gasteiger partial charge in [0.25, 0.3) is 0 Å². The number of fused-ring (bicyclic) bond motifs is 8. The molecule has 0 fully saturated rings. The van der Waals surface area contributed by atoms with Gasteiger partial charge in [0.2, 0.25) is 0 Å². The topological polar surface area (TPSA) is 25.9 Å². The van der Waals surface area contributed by atoms with E-state index in [0.29, 0.717) is 0 Å². The van der Waals surface area contributed by atoms with E-state index in [1.54, 1.807) is 0 Å². The van der Waals surface area contributed by atoms with Crippen molar-refractivity contribution >= 4 is 147 Å². The number of pyridine rings is 1. The lowest BCUT2D eigenvalue weighted by molar-refractivity contribution is 1.13. The van der Waals surface area contributed by atoms with Crippen molar-refractivity contribution in [1.29, 1.82) is 0 Å². The maximum absolute atomic E-state index is 6.10. The minimum atomic E-state index is -2.21. The van der Waals surface area contributed by atoms with E-state index in [0.717, 1.165) is 50.5 Å². The number of aromatic nitrogens is 1. The molecule has 0 aliphatic carbocycles. The molecule has 5 heterocycles. The Morgan fingerprint density at radius 2 is 0.689 bits per heavy atom. The van der Waals surface area contributed by atoms with Gasteiger partial charge in [-0.05, 0) is 114 Å². The van der Waals surface area contributed by atoms with Crippen molar-refractivity contribution in [3.05, 3.63) is 261 Å². The Hall–Kier alpha value is -7.69. The highest BCUT2D eigenvalue weighted by Crippen LogP contribution is 2.49. The molecule has 0 radical (unpaired) electrons. The van der Waals surface area contributed by atoms with E-state index < -0.39 is 28.3 Å². The number of anilines is 12. The molecule has 0 bridgehead atoms. The van der Waals surface area contributed by atoms with Crippen LogP contribution in [-0.2, 0) is 0 Å². The van der Waals surface area contributed by atoms with Crippen LogP contribution in [0.5, 0.6) is 0 Å². The number of nitrogens with zero attached hydrogens (tertiary/aromatic N) is 5. The van der Waals surface area contributed by atoms with Crippen molar-refractivity contribution in [3.63, 3.8) is 0 Å². The molecule has 0 unspecified atom stereocenters. The second kappa shape index (κ2) is 18.1. The van der Waals surface area contributed by atoms with Gasteiger partial charge < -0.3 is 19.6 Å². The first-order valence-electron chi connectivity index (χ1n) is 25.2. The number of hydrogen-bond acceptors (Lipinski definition) is 7. The van der Waals surface area contributed by atoms with E-state index >= 15 is 0 Å². The lowest BCUT2D eigenvalue weighted by Crippen LogP contribution is -2.63. The highest BCUT2D eigenvalue weighted by Gasteiger charge is 2.48. The Balaban J connectivity index is 0.968. The van der Waals surface area contributed by atoms with Crippen molar-refractivity contribution < 1.29 is 0 Å². The fraction of sp³-hybridized carbons (Fsp3) is 0. The molecular formula is C65H43Al2N5S2. The highest BCUT2D eigenvalue weighted by atomic mass is 32.2. The molecule has 4 aliphatic rings. The molecule has 1 aromatic heterocycles. The van der Waals surface area contributed by atoms with Gasteiger partial charge in [-0.2, -0.15) is 0 Å². The SMILES string of the molecule is c1ccc(N(c2ccccc2)c2cc3[c]4c(c2)N(c2ccccc2)c2cccc[c]2[Al]4[c]2cc4[c](nc2S3)[Al]2[c]3ccccc3N(c3ccccc3)c3cc(N(c5ccccc5)c5ccccc5)cc([c]32)S4)cc1. The van der Waals surface area contributed by atoms with E-state index in [4.69, 9.17) is 4.98 Å². The molecule has 10 aromatic carbocycles. The molecule has 5 nitrogen and oxygen atoms in total. The maximum Gasteiger partial charge on any atom is 0.421 e. The summed E-state index contributed by atoms with van der Waals surface area (Å²) >= 11 is -0.559. The first kappa shape index (κ1) is 43.9. The summed E-state index contributed by atoms with van der Waals surface area (Å²) in [4.78, 5) is 19.9. The Kier molecular flexibility index (Phi) is 10.7. The van der Waals surface area contributed by atoms with Crippen LogP contribution in [0.15, 0.2) is 281 Å². The predicted molar refractivity (Wildman–Crippen MR) is 313 cm³/mol. The van der Waals surface area contributed by atoms with E-state index in [-0.39, 0.29) is 0 Å². The van der Waals surface area contributed by atoms with E-state index in [9.17, 15) is 0 Å². The van der Waals surface area contributed by atoms with Crippen molar-refractivity contribution in [3.8, 4) is 0 Å².